The zero-order chi connectivity index (χ0) is 11.1. The molecule has 1 N–H and O–H groups in total. The molecule has 1 aromatic rings. The van der Waals surface area contributed by atoms with Gasteiger partial charge in [-0.2, -0.15) is 0 Å². The minimum Gasteiger partial charge on any atom is -0.314 e. The fraction of sp³-hybridized carbons (Fsp3) is 0.667. The quantitative estimate of drug-likeness (QED) is 0.685. The minimum absolute atomic E-state index is 0.645. The van der Waals surface area contributed by atoms with Gasteiger partial charge in [0.1, 0.15) is 5.82 Å². The van der Waals surface area contributed by atoms with Crippen molar-refractivity contribution in [2.75, 3.05) is 19.6 Å². The Morgan fingerprint density at radius 1 is 1.31 bits per heavy atom. The normalized spacial score (nSPS) is 25.0. The first kappa shape index (κ1) is 10.2. The smallest absolute Gasteiger partial charge is 0.125 e. The molecule has 0 spiro atoms. The molecule has 2 aliphatic rings. The summed E-state index contributed by atoms with van der Waals surface area (Å²) in [5, 5.41) is 3.46. The molecule has 16 heavy (non-hydrogen) atoms. The van der Waals surface area contributed by atoms with Crippen LogP contribution >= 0.6 is 0 Å². The number of hydrogen-bond donors (Lipinski definition) is 1. The van der Waals surface area contributed by atoms with Gasteiger partial charge in [0.15, 0.2) is 0 Å². The van der Waals surface area contributed by atoms with E-state index in [0.717, 1.165) is 38.4 Å². The average Bonchev–Trinajstić information content (AvgIpc) is 2.27. The number of fused-ring (bicyclic) bond motifs is 2. The van der Waals surface area contributed by atoms with Crippen LogP contribution in [0.3, 0.4) is 0 Å². The van der Waals surface area contributed by atoms with E-state index in [1.807, 2.05) is 6.92 Å². The van der Waals surface area contributed by atoms with Gasteiger partial charge in [-0.05, 0) is 25.8 Å². The second-order valence-corrected chi connectivity index (χ2v) is 4.81. The topological polar surface area (TPSA) is 41.1 Å². The van der Waals surface area contributed by atoms with Gasteiger partial charge in [0, 0.05) is 37.9 Å². The maximum atomic E-state index is 4.59. The van der Waals surface area contributed by atoms with E-state index in [0.29, 0.717) is 6.04 Å². The Kier molecular flexibility index (Phi) is 2.41. The van der Waals surface area contributed by atoms with Gasteiger partial charge in [0.05, 0.1) is 5.69 Å². The van der Waals surface area contributed by atoms with Crippen molar-refractivity contribution in [1.29, 1.82) is 0 Å². The summed E-state index contributed by atoms with van der Waals surface area (Å²) in [6, 6.07) is 0.645. The molecule has 1 aromatic heterocycles. The molecule has 86 valence electrons. The SMILES string of the molecule is Cc1nc(C)c2c(n1)CN1CCNCC1C2. The van der Waals surface area contributed by atoms with Crippen molar-refractivity contribution < 1.29 is 0 Å². The van der Waals surface area contributed by atoms with Crippen LogP contribution in [0, 0.1) is 13.8 Å². The summed E-state index contributed by atoms with van der Waals surface area (Å²) in [5.41, 5.74) is 3.81. The molecule has 4 nitrogen and oxygen atoms in total. The summed E-state index contributed by atoms with van der Waals surface area (Å²) < 4.78 is 0. The molecule has 3 rings (SSSR count). The first-order valence-electron chi connectivity index (χ1n) is 6.02. The van der Waals surface area contributed by atoms with Crippen molar-refractivity contribution in [3.63, 3.8) is 0 Å². The van der Waals surface area contributed by atoms with Crippen molar-refractivity contribution in [3.05, 3.63) is 22.8 Å². The standard InChI is InChI=1S/C12H18N4/c1-8-11-5-10-6-13-3-4-16(10)7-12(11)15-9(2)14-8/h10,13H,3-7H2,1-2H3. The van der Waals surface area contributed by atoms with Crippen LogP contribution in [0.25, 0.3) is 0 Å². The van der Waals surface area contributed by atoms with Crippen LogP contribution in [0.4, 0.5) is 0 Å². The van der Waals surface area contributed by atoms with E-state index in [4.69, 9.17) is 0 Å². The van der Waals surface area contributed by atoms with Crippen molar-refractivity contribution in [2.24, 2.45) is 0 Å². The van der Waals surface area contributed by atoms with E-state index in [9.17, 15) is 0 Å². The summed E-state index contributed by atoms with van der Waals surface area (Å²) in [6.45, 7) is 8.45. The van der Waals surface area contributed by atoms with Crippen LogP contribution in [0.5, 0.6) is 0 Å². The molecule has 0 bridgehead atoms. The highest BCUT2D eigenvalue weighted by Gasteiger charge is 2.30. The molecule has 1 atom stereocenters. The molecule has 1 fully saturated rings. The van der Waals surface area contributed by atoms with Gasteiger partial charge in [-0.15, -0.1) is 0 Å². The Labute approximate surface area is 96.1 Å². The van der Waals surface area contributed by atoms with Crippen molar-refractivity contribution in [1.82, 2.24) is 20.2 Å². The van der Waals surface area contributed by atoms with Crippen LogP contribution in [0.1, 0.15) is 22.8 Å². The average molecular weight is 218 g/mol. The minimum atomic E-state index is 0.645. The third-order valence-corrected chi connectivity index (χ3v) is 3.68. The maximum absolute atomic E-state index is 4.59. The molecule has 4 heteroatoms. The lowest BCUT2D eigenvalue weighted by Crippen LogP contribution is -2.54. The van der Waals surface area contributed by atoms with Crippen LogP contribution in [0.15, 0.2) is 0 Å². The molecule has 1 saturated heterocycles. The molecule has 1 unspecified atom stereocenters. The monoisotopic (exact) mass is 218 g/mol. The van der Waals surface area contributed by atoms with Gasteiger partial charge in [0.2, 0.25) is 0 Å². The van der Waals surface area contributed by atoms with E-state index in [2.05, 4.69) is 27.1 Å². The van der Waals surface area contributed by atoms with Crippen molar-refractivity contribution in [3.8, 4) is 0 Å². The number of aryl methyl sites for hydroxylation is 2. The lowest BCUT2D eigenvalue weighted by Gasteiger charge is -2.40. The highest BCUT2D eigenvalue weighted by molar-refractivity contribution is 5.29. The fourth-order valence-electron chi connectivity index (χ4n) is 2.84. The predicted molar refractivity (Wildman–Crippen MR) is 62.3 cm³/mol. The molecule has 0 radical (unpaired) electrons. The third kappa shape index (κ3) is 1.62. The molecule has 0 aromatic carbocycles. The number of nitrogens with zero attached hydrogens (tertiary/aromatic N) is 3. The van der Waals surface area contributed by atoms with Crippen molar-refractivity contribution >= 4 is 0 Å². The summed E-state index contributed by atoms with van der Waals surface area (Å²) >= 11 is 0. The van der Waals surface area contributed by atoms with E-state index < -0.39 is 0 Å². The largest absolute Gasteiger partial charge is 0.314 e. The summed E-state index contributed by atoms with van der Waals surface area (Å²) in [6.07, 6.45) is 1.11. The number of nitrogens with one attached hydrogen (secondary N) is 1. The zero-order valence-corrected chi connectivity index (χ0v) is 9.95. The number of piperazine rings is 1. The predicted octanol–water partition coefficient (Wildman–Crippen LogP) is 0.423. The highest BCUT2D eigenvalue weighted by Crippen LogP contribution is 2.24. The zero-order valence-electron chi connectivity index (χ0n) is 9.95. The van der Waals surface area contributed by atoms with Crippen LogP contribution in [-0.2, 0) is 13.0 Å². The Bertz CT molecular complexity index is 416. The number of rotatable bonds is 0. The van der Waals surface area contributed by atoms with Crippen LogP contribution in [0.2, 0.25) is 0 Å². The number of hydrogen-bond acceptors (Lipinski definition) is 4. The van der Waals surface area contributed by atoms with E-state index in [-0.39, 0.29) is 0 Å². The van der Waals surface area contributed by atoms with E-state index >= 15 is 0 Å². The summed E-state index contributed by atoms with van der Waals surface area (Å²) in [7, 11) is 0. The molecular weight excluding hydrogens is 200 g/mol. The van der Waals surface area contributed by atoms with Gasteiger partial charge >= 0.3 is 0 Å². The Morgan fingerprint density at radius 2 is 2.19 bits per heavy atom. The fourth-order valence-corrected chi connectivity index (χ4v) is 2.84. The van der Waals surface area contributed by atoms with E-state index in [1.54, 1.807) is 0 Å². The Morgan fingerprint density at radius 3 is 3.06 bits per heavy atom. The summed E-state index contributed by atoms with van der Waals surface area (Å²) in [4.78, 5) is 11.6. The maximum Gasteiger partial charge on any atom is 0.125 e. The first-order valence-corrected chi connectivity index (χ1v) is 6.02. The lowest BCUT2D eigenvalue weighted by atomic mass is 9.95. The van der Waals surface area contributed by atoms with Gasteiger partial charge in [-0.1, -0.05) is 0 Å². The van der Waals surface area contributed by atoms with E-state index in [1.165, 1.54) is 17.0 Å². The molecule has 0 saturated carbocycles. The second-order valence-electron chi connectivity index (χ2n) is 4.81. The Hall–Kier alpha value is -1.00. The van der Waals surface area contributed by atoms with Crippen LogP contribution < -0.4 is 5.32 Å². The van der Waals surface area contributed by atoms with Gasteiger partial charge in [-0.3, -0.25) is 4.90 Å². The summed E-state index contributed by atoms with van der Waals surface area (Å²) in [5.74, 6) is 0.907. The number of aromatic nitrogens is 2. The molecular formula is C12H18N4. The first-order chi connectivity index (χ1) is 7.74. The van der Waals surface area contributed by atoms with Gasteiger partial charge < -0.3 is 5.32 Å². The Balaban J connectivity index is 1.98. The van der Waals surface area contributed by atoms with Gasteiger partial charge in [0.25, 0.3) is 0 Å². The lowest BCUT2D eigenvalue weighted by molar-refractivity contribution is 0.137. The molecule has 3 heterocycles. The molecule has 2 aliphatic heterocycles. The molecule has 0 aliphatic carbocycles. The molecule has 0 amide bonds. The van der Waals surface area contributed by atoms with Crippen LogP contribution in [-0.4, -0.2) is 40.5 Å². The van der Waals surface area contributed by atoms with Gasteiger partial charge in [-0.25, -0.2) is 9.97 Å². The second kappa shape index (κ2) is 3.79. The highest BCUT2D eigenvalue weighted by atomic mass is 15.2. The third-order valence-electron chi connectivity index (χ3n) is 3.68. The van der Waals surface area contributed by atoms with Crippen molar-refractivity contribution in [2.45, 2.75) is 32.9 Å².